The predicted molar refractivity (Wildman–Crippen MR) is 34.5 cm³/mol. The molecule has 2 atom stereocenters. The Balaban J connectivity index is -0.0000000405. The monoisotopic (exact) mass is 247 g/mol. The predicted octanol–water partition coefficient (Wildman–Crippen LogP) is -7.73. The van der Waals surface area contributed by atoms with Crippen LogP contribution in [0.3, 0.4) is 0 Å². The van der Waals surface area contributed by atoms with Crippen LogP contribution in [-0.2, 0) is 9.59 Å². The van der Waals surface area contributed by atoms with E-state index in [4.69, 9.17) is 20.4 Å². The van der Waals surface area contributed by atoms with Gasteiger partial charge in [-0.2, -0.15) is 0 Å². The topological polar surface area (TPSA) is 150 Å². The van der Waals surface area contributed by atoms with Gasteiger partial charge >= 0.3 is 115 Å². The van der Waals surface area contributed by atoms with Crippen molar-refractivity contribution < 1.29 is 136 Å². The molecular weight excluding hydrogens is 236 g/mol. The van der Waals surface area contributed by atoms with Crippen molar-refractivity contribution in [2.24, 2.45) is 0 Å². The standard InChI is InChI=1S/C4H6O6.2K.H3N.2H/c5-1(3(7)8)2(6)4(9)10;;;;;/h1-2,5-6H,(H,7,8)(H,9,10);;;1H3;;/q;2*+1;;2*-1. The van der Waals surface area contributed by atoms with Gasteiger partial charge in [0.15, 0.2) is 12.2 Å². The van der Waals surface area contributed by atoms with Gasteiger partial charge in [-0.25, -0.2) is 9.59 Å². The van der Waals surface area contributed by atoms with Crippen LogP contribution >= 0.6 is 0 Å². The van der Waals surface area contributed by atoms with E-state index in [9.17, 15) is 9.59 Å². The van der Waals surface area contributed by atoms with E-state index in [0.717, 1.165) is 0 Å². The average molecular weight is 247 g/mol. The second kappa shape index (κ2) is 12.2. The number of hydrogen-bond acceptors (Lipinski definition) is 5. The molecule has 0 aromatic rings. The number of aliphatic carboxylic acids is 2. The number of carbonyl (C=O) groups is 2. The second-order valence-electron chi connectivity index (χ2n) is 1.57. The Morgan fingerprint density at radius 1 is 0.923 bits per heavy atom. The first-order valence-corrected chi connectivity index (χ1v) is 2.28. The van der Waals surface area contributed by atoms with Crippen molar-refractivity contribution >= 4 is 11.9 Å². The van der Waals surface area contributed by atoms with Crippen molar-refractivity contribution in [3.63, 3.8) is 0 Å². The Bertz CT molecular complexity index is 155. The van der Waals surface area contributed by atoms with Gasteiger partial charge in [-0.3, -0.25) is 0 Å². The molecule has 0 aliphatic heterocycles. The minimum Gasteiger partial charge on any atom is -1.00 e. The fourth-order valence-corrected chi connectivity index (χ4v) is 0.270. The molecule has 13 heavy (non-hydrogen) atoms. The van der Waals surface area contributed by atoms with Crippen molar-refractivity contribution in [2.45, 2.75) is 12.2 Å². The maximum Gasteiger partial charge on any atom is 1.00 e. The normalized spacial score (nSPS) is 12.2. The van der Waals surface area contributed by atoms with E-state index in [1.807, 2.05) is 0 Å². The average Bonchev–Trinajstić information content (AvgIpc) is 1.84. The van der Waals surface area contributed by atoms with Crippen LogP contribution in [0.5, 0.6) is 0 Å². The summed E-state index contributed by atoms with van der Waals surface area (Å²) in [6.45, 7) is 0. The molecule has 0 rings (SSSR count). The van der Waals surface area contributed by atoms with Crippen LogP contribution in [0.15, 0.2) is 0 Å². The molecule has 0 amide bonds. The quantitative estimate of drug-likeness (QED) is 0.311. The first-order chi connectivity index (χ1) is 4.46. The third kappa shape index (κ3) is 10.4. The van der Waals surface area contributed by atoms with Crippen LogP contribution in [0, 0.1) is 0 Å². The summed E-state index contributed by atoms with van der Waals surface area (Å²) in [5, 5.41) is 32.5. The first-order valence-electron chi connectivity index (χ1n) is 2.28. The summed E-state index contributed by atoms with van der Waals surface area (Å²) in [4.78, 5) is 19.5. The van der Waals surface area contributed by atoms with Gasteiger partial charge in [0.2, 0.25) is 0 Å². The number of carboxylic acids is 2. The maximum atomic E-state index is 9.77. The molecule has 0 aromatic carbocycles. The summed E-state index contributed by atoms with van der Waals surface area (Å²) in [6, 6.07) is 0. The number of rotatable bonds is 3. The van der Waals surface area contributed by atoms with Crippen LogP contribution in [0.1, 0.15) is 2.85 Å². The molecule has 0 radical (unpaired) electrons. The van der Waals surface area contributed by atoms with Crippen molar-refractivity contribution in [3.8, 4) is 0 Å². The molecule has 0 bridgehead atoms. The largest absolute Gasteiger partial charge is 1.00 e. The van der Waals surface area contributed by atoms with E-state index >= 15 is 0 Å². The number of aliphatic hydroxyl groups excluding tert-OH is 2. The SMILES string of the molecule is N.O=C(O)C(O)C(O)C(=O)O.[H-].[H-].[K+].[K+]. The summed E-state index contributed by atoms with van der Waals surface area (Å²) in [6.07, 6.45) is -4.53. The molecule has 7 nitrogen and oxygen atoms in total. The van der Waals surface area contributed by atoms with Crippen molar-refractivity contribution in [1.29, 1.82) is 0 Å². The van der Waals surface area contributed by atoms with Crippen LogP contribution in [0.25, 0.3) is 0 Å². The van der Waals surface area contributed by atoms with Gasteiger partial charge in [0.1, 0.15) is 0 Å². The molecule has 0 aliphatic rings. The minimum absolute atomic E-state index is 0. The van der Waals surface area contributed by atoms with Gasteiger partial charge in [-0.05, 0) is 0 Å². The van der Waals surface area contributed by atoms with Crippen LogP contribution in [0.4, 0.5) is 0 Å². The minimum atomic E-state index is -2.27. The van der Waals surface area contributed by atoms with E-state index in [1.54, 1.807) is 0 Å². The van der Waals surface area contributed by atoms with Crippen molar-refractivity contribution in [3.05, 3.63) is 0 Å². The zero-order valence-electron chi connectivity index (χ0n) is 9.47. The summed E-state index contributed by atoms with van der Waals surface area (Å²) >= 11 is 0. The molecule has 70 valence electrons. The van der Waals surface area contributed by atoms with Gasteiger partial charge in [0.25, 0.3) is 0 Å². The van der Waals surface area contributed by atoms with Crippen LogP contribution in [0.2, 0.25) is 0 Å². The zero-order chi connectivity index (χ0) is 8.31. The molecule has 0 saturated carbocycles. The number of aliphatic hydroxyl groups is 2. The Morgan fingerprint density at radius 3 is 1.15 bits per heavy atom. The smallest absolute Gasteiger partial charge is 1.00 e. The van der Waals surface area contributed by atoms with Crippen LogP contribution < -0.4 is 109 Å². The summed E-state index contributed by atoms with van der Waals surface area (Å²) < 4.78 is 0. The van der Waals surface area contributed by atoms with Crippen molar-refractivity contribution in [1.82, 2.24) is 6.15 Å². The number of carboxylic acid groups (broad SMARTS) is 2. The molecule has 0 spiro atoms. The van der Waals surface area contributed by atoms with Gasteiger partial charge in [0.05, 0.1) is 0 Å². The fraction of sp³-hybridized carbons (Fsp3) is 0.500. The molecule has 0 aromatic heterocycles. The van der Waals surface area contributed by atoms with E-state index in [0.29, 0.717) is 0 Å². The van der Waals surface area contributed by atoms with Crippen LogP contribution in [-0.4, -0.2) is 44.6 Å². The Morgan fingerprint density at radius 2 is 1.08 bits per heavy atom. The van der Waals surface area contributed by atoms with Crippen molar-refractivity contribution in [2.75, 3.05) is 0 Å². The third-order valence-corrected chi connectivity index (χ3v) is 0.805. The second-order valence-corrected chi connectivity index (χ2v) is 1.57. The van der Waals surface area contributed by atoms with E-state index < -0.39 is 24.1 Å². The van der Waals surface area contributed by atoms with E-state index in [2.05, 4.69) is 0 Å². The summed E-state index contributed by atoms with van der Waals surface area (Å²) in [5.74, 6) is -3.54. The third-order valence-electron chi connectivity index (χ3n) is 0.805. The maximum absolute atomic E-state index is 9.77. The van der Waals surface area contributed by atoms with E-state index in [-0.39, 0.29) is 112 Å². The molecule has 7 N–H and O–H groups in total. The molecule has 0 fully saturated rings. The van der Waals surface area contributed by atoms with E-state index in [1.165, 1.54) is 0 Å². The van der Waals surface area contributed by atoms with Gasteiger partial charge < -0.3 is 29.4 Å². The summed E-state index contributed by atoms with van der Waals surface area (Å²) in [7, 11) is 0. The molecule has 0 saturated heterocycles. The van der Waals surface area contributed by atoms with Gasteiger partial charge in [0, 0.05) is 0 Å². The summed E-state index contributed by atoms with van der Waals surface area (Å²) in [5.41, 5.74) is 0. The van der Waals surface area contributed by atoms with Gasteiger partial charge in [-0.15, -0.1) is 0 Å². The molecule has 2 unspecified atom stereocenters. The molecule has 0 heterocycles. The number of hydrogen-bond donors (Lipinski definition) is 5. The first kappa shape index (κ1) is 24.4. The zero-order valence-corrected chi connectivity index (χ0v) is 13.7. The fourth-order valence-electron chi connectivity index (χ4n) is 0.270. The van der Waals surface area contributed by atoms with Gasteiger partial charge in [-0.1, -0.05) is 0 Å². The molecule has 0 aliphatic carbocycles. The molecule has 9 heteroatoms. The Hall–Kier alpha value is 2.09. The Kier molecular flexibility index (Phi) is 22.8. The molecular formula is C4H11K2NO6. The Labute approximate surface area is 162 Å².